The molecule has 3 aromatic rings. The monoisotopic (exact) mass is 451 g/mol. The Labute approximate surface area is 190 Å². The molecule has 5 nitrogen and oxygen atoms in total. The number of rotatable bonds is 9. The minimum absolute atomic E-state index is 0.0933. The van der Waals surface area contributed by atoms with Crippen molar-refractivity contribution in [1.82, 2.24) is 0 Å². The second-order valence-electron chi connectivity index (χ2n) is 7.78. The lowest BCUT2D eigenvalue weighted by atomic mass is 9.72. The van der Waals surface area contributed by atoms with E-state index in [1.165, 1.54) is 18.2 Å². The summed E-state index contributed by atoms with van der Waals surface area (Å²) in [6, 6.07) is 22.2. The van der Waals surface area contributed by atoms with E-state index in [4.69, 9.17) is 9.47 Å². The lowest BCUT2D eigenvalue weighted by molar-refractivity contribution is -0.143. The van der Waals surface area contributed by atoms with Gasteiger partial charge >= 0.3 is 12.6 Å². The largest absolute Gasteiger partial charge is 0.480 e. The van der Waals surface area contributed by atoms with E-state index in [9.17, 15) is 23.9 Å². The summed E-state index contributed by atoms with van der Waals surface area (Å²) in [5.74, 6) is -0.836. The molecule has 3 rings (SSSR count). The Morgan fingerprint density at radius 3 is 2.27 bits per heavy atom. The van der Waals surface area contributed by atoms with Gasteiger partial charge in [0.05, 0.1) is 6.07 Å². The molecule has 0 aromatic heterocycles. The van der Waals surface area contributed by atoms with Crippen LogP contribution in [0.25, 0.3) is 0 Å². The molecular formula is C26H23F2NO4. The standard InChI is InChI=1S/C26H23F2NO4/c1-17(2)26(16-29,24(30)31)20-12-13-23(33-25(27)28)19(15-20)14-18-8-6-7-11-22(18)32-21-9-4-3-5-10-21/h3-13,15,17,25H,14H2,1-2H3,(H,30,31). The van der Waals surface area contributed by atoms with Crippen molar-refractivity contribution in [2.24, 2.45) is 5.92 Å². The van der Waals surface area contributed by atoms with Crippen molar-refractivity contribution < 1.29 is 28.2 Å². The molecule has 0 bridgehead atoms. The van der Waals surface area contributed by atoms with Crippen LogP contribution in [0.3, 0.4) is 0 Å². The Kier molecular flexibility index (Phi) is 7.29. The molecule has 0 saturated heterocycles. The first kappa shape index (κ1) is 23.7. The molecule has 170 valence electrons. The zero-order valence-electron chi connectivity index (χ0n) is 18.2. The molecule has 1 unspecified atom stereocenters. The van der Waals surface area contributed by atoms with Gasteiger partial charge in [0.25, 0.3) is 0 Å². The number of hydrogen-bond acceptors (Lipinski definition) is 4. The molecule has 0 aliphatic rings. The fourth-order valence-corrected chi connectivity index (χ4v) is 3.69. The molecule has 1 N–H and O–H groups in total. The molecular weight excluding hydrogens is 428 g/mol. The second-order valence-corrected chi connectivity index (χ2v) is 7.78. The summed E-state index contributed by atoms with van der Waals surface area (Å²) in [6.45, 7) is 0.198. The van der Waals surface area contributed by atoms with Gasteiger partial charge in [-0.25, -0.2) is 0 Å². The van der Waals surface area contributed by atoms with E-state index in [1.807, 2.05) is 24.3 Å². The molecule has 0 aliphatic carbocycles. The SMILES string of the molecule is CC(C)C(C#N)(C(=O)O)c1ccc(OC(F)F)c(Cc2ccccc2Oc2ccccc2)c1. The van der Waals surface area contributed by atoms with Crippen molar-refractivity contribution in [2.45, 2.75) is 32.3 Å². The Morgan fingerprint density at radius 2 is 1.67 bits per heavy atom. The Hall–Kier alpha value is -3.92. The van der Waals surface area contributed by atoms with Crippen molar-refractivity contribution >= 4 is 5.97 Å². The number of aliphatic carboxylic acids is 1. The quantitative estimate of drug-likeness (QED) is 0.421. The molecule has 7 heteroatoms. The number of para-hydroxylation sites is 2. The number of carboxylic acid groups (broad SMARTS) is 1. The lowest BCUT2D eigenvalue weighted by Crippen LogP contribution is -2.39. The predicted octanol–water partition coefficient (Wildman–Crippen LogP) is 6.17. The first-order valence-corrected chi connectivity index (χ1v) is 10.3. The first-order valence-electron chi connectivity index (χ1n) is 10.3. The van der Waals surface area contributed by atoms with Gasteiger partial charge in [-0.1, -0.05) is 56.3 Å². The number of hydrogen-bond donors (Lipinski definition) is 1. The third kappa shape index (κ3) is 5.12. The van der Waals surface area contributed by atoms with Crippen molar-refractivity contribution in [2.75, 3.05) is 0 Å². The van der Waals surface area contributed by atoms with Crippen LogP contribution in [0.5, 0.6) is 17.2 Å². The maximum Gasteiger partial charge on any atom is 0.387 e. The van der Waals surface area contributed by atoms with Crippen LogP contribution in [0.4, 0.5) is 8.78 Å². The van der Waals surface area contributed by atoms with Crippen molar-refractivity contribution in [1.29, 1.82) is 5.26 Å². The number of halogens is 2. The molecule has 0 amide bonds. The normalized spacial score (nSPS) is 12.8. The zero-order valence-corrected chi connectivity index (χ0v) is 18.2. The highest BCUT2D eigenvalue weighted by molar-refractivity contribution is 5.85. The number of carboxylic acids is 1. The van der Waals surface area contributed by atoms with Gasteiger partial charge in [-0.15, -0.1) is 0 Å². The summed E-state index contributed by atoms with van der Waals surface area (Å²) in [7, 11) is 0. The van der Waals surface area contributed by atoms with Crippen molar-refractivity contribution in [3.05, 3.63) is 89.5 Å². The third-order valence-electron chi connectivity index (χ3n) is 5.44. The van der Waals surface area contributed by atoms with Gasteiger partial charge in [0.15, 0.2) is 5.41 Å². The van der Waals surface area contributed by atoms with E-state index in [1.54, 1.807) is 50.2 Å². The van der Waals surface area contributed by atoms with Crippen LogP contribution in [0, 0.1) is 17.2 Å². The number of carbonyl (C=O) groups is 1. The van der Waals surface area contributed by atoms with Gasteiger partial charge in [-0.3, -0.25) is 4.79 Å². The highest BCUT2D eigenvalue weighted by atomic mass is 19.3. The molecule has 0 fully saturated rings. The molecule has 3 aromatic carbocycles. The van der Waals surface area contributed by atoms with Crippen LogP contribution in [0.15, 0.2) is 72.8 Å². The second kappa shape index (κ2) is 10.1. The van der Waals surface area contributed by atoms with Crippen LogP contribution in [0.2, 0.25) is 0 Å². The molecule has 33 heavy (non-hydrogen) atoms. The zero-order chi connectivity index (χ0) is 24.0. The smallest absolute Gasteiger partial charge is 0.387 e. The van der Waals surface area contributed by atoms with E-state index in [-0.39, 0.29) is 17.7 Å². The number of alkyl halides is 2. The molecule has 0 heterocycles. The Bertz CT molecular complexity index is 1160. The third-order valence-corrected chi connectivity index (χ3v) is 5.44. The summed E-state index contributed by atoms with van der Waals surface area (Å²) >= 11 is 0. The molecule has 1 atom stereocenters. The highest BCUT2D eigenvalue weighted by Gasteiger charge is 2.44. The van der Waals surface area contributed by atoms with Crippen molar-refractivity contribution in [3.63, 3.8) is 0 Å². The lowest BCUT2D eigenvalue weighted by Gasteiger charge is -2.27. The predicted molar refractivity (Wildman–Crippen MR) is 119 cm³/mol. The summed E-state index contributed by atoms with van der Waals surface area (Å²) < 4.78 is 36.8. The van der Waals surface area contributed by atoms with Crippen LogP contribution in [0.1, 0.15) is 30.5 Å². The van der Waals surface area contributed by atoms with Crippen LogP contribution >= 0.6 is 0 Å². The van der Waals surface area contributed by atoms with Gasteiger partial charge in [0.2, 0.25) is 0 Å². The van der Waals surface area contributed by atoms with Crippen molar-refractivity contribution in [3.8, 4) is 23.3 Å². The maximum atomic E-state index is 13.1. The fourth-order valence-electron chi connectivity index (χ4n) is 3.69. The van der Waals surface area contributed by atoms with Gasteiger partial charge in [-0.05, 0) is 52.9 Å². The van der Waals surface area contributed by atoms with E-state index in [0.717, 1.165) is 0 Å². The minimum atomic E-state index is -3.06. The Morgan fingerprint density at radius 1 is 1.00 bits per heavy atom. The summed E-state index contributed by atoms with van der Waals surface area (Å²) in [4.78, 5) is 12.1. The van der Waals surface area contributed by atoms with Gasteiger partial charge in [0, 0.05) is 6.42 Å². The van der Waals surface area contributed by atoms with Crippen LogP contribution in [-0.2, 0) is 16.6 Å². The first-order chi connectivity index (χ1) is 15.8. The van der Waals surface area contributed by atoms with Crippen LogP contribution in [-0.4, -0.2) is 17.7 Å². The van der Waals surface area contributed by atoms with Gasteiger partial charge in [0.1, 0.15) is 17.2 Å². The molecule has 0 saturated carbocycles. The molecule has 0 aliphatic heterocycles. The molecule has 0 radical (unpaired) electrons. The molecule has 0 spiro atoms. The fraction of sp³-hybridized carbons (Fsp3) is 0.231. The van der Waals surface area contributed by atoms with E-state index in [2.05, 4.69) is 0 Å². The Balaban J connectivity index is 2.08. The number of nitriles is 1. The summed E-state index contributed by atoms with van der Waals surface area (Å²) in [5.41, 5.74) is -0.637. The number of nitrogens with zero attached hydrogens (tertiary/aromatic N) is 1. The maximum absolute atomic E-state index is 13.1. The van der Waals surface area contributed by atoms with Gasteiger partial charge < -0.3 is 14.6 Å². The van der Waals surface area contributed by atoms with E-state index >= 15 is 0 Å². The highest BCUT2D eigenvalue weighted by Crippen LogP contribution is 2.37. The van der Waals surface area contributed by atoms with E-state index in [0.29, 0.717) is 22.6 Å². The topological polar surface area (TPSA) is 79.6 Å². The average molecular weight is 451 g/mol. The number of benzene rings is 3. The number of ether oxygens (including phenoxy) is 2. The van der Waals surface area contributed by atoms with Crippen LogP contribution < -0.4 is 9.47 Å². The van der Waals surface area contributed by atoms with Gasteiger partial charge in [-0.2, -0.15) is 14.0 Å². The summed E-state index contributed by atoms with van der Waals surface area (Å²) in [6.07, 6.45) is 0.123. The average Bonchev–Trinajstić information content (AvgIpc) is 2.77. The minimum Gasteiger partial charge on any atom is -0.480 e. The van der Waals surface area contributed by atoms with E-state index < -0.39 is 23.9 Å². The summed E-state index contributed by atoms with van der Waals surface area (Å²) in [5, 5.41) is 19.6.